The van der Waals surface area contributed by atoms with Crippen LogP contribution in [-0.4, -0.2) is 9.38 Å². The third-order valence-electron chi connectivity index (χ3n) is 2.98. The standard InChI is InChI=1S/C15H13BrN2O/c1-11-5-7-12(8-6-11)19-10-13-14-4-2-3-9-18(14)15(16)17-13/h2-9H,10H2,1H3. The van der Waals surface area contributed by atoms with Crippen LogP contribution in [0, 0.1) is 6.92 Å². The summed E-state index contributed by atoms with van der Waals surface area (Å²) in [5.41, 5.74) is 3.21. The molecule has 0 amide bonds. The summed E-state index contributed by atoms with van der Waals surface area (Å²) in [5, 5.41) is 0. The van der Waals surface area contributed by atoms with Crippen molar-refractivity contribution in [3.63, 3.8) is 0 Å². The topological polar surface area (TPSA) is 26.5 Å². The second-order valence-corrected chi connectivity index (χ2v) is 5.09. The average molecular weight is 317 g/mol. The summed E-state index contributed by atoms with van der Waals surface area (Å²) in [7, 11) is 0. The maximum atomic E-state index is 5.77. The first kappa shape index (κ1) is 12.2. The molecule has 4 heteroatoms. The van der Waals surface area contributed by atoms with Crippen molar-refractivity contribution >= 4 is 21.4 Å². The van der Waals surface area contributed by atoms with Gasteiger partial charge in [0, 0.05) is 6.20 Å². The van der Waals surface area contributed by atoms with E-state index in [0.29, 0.717) is 6.61 Å². The molecule has 3 rings (SSSR count). The van der Waals surface area contributed by atoms with Crippen LogP contribution in [0.15, 0.2) is 53.4 Å². The Hall–Kier alpha value is -1.81. The number of aryl methyl sites for hydroxylation is 1. The van der Waals surface area contributed by atoms with Gasteiger partial charge in [-0.3, -0.25) is 4.40 Å². The maximum Gasteiger partial charge on any atom is 0.182 e. The van der Waals surface area contributed by atoms with E-state index in [1.54, 1.807) is 0 Å². The maximum absolute atomic E-state index is 5.77. The number of rotatable bonds is 3. The van der Waals surface area contributed by atoms with Gasteiger partial charge >= 0.3 is 0 Å². The van der Waals surface area contributed by atoms with Crippen LogP contribution < -0.4 is 4.74 Å². The minimum atomic E-state index is 0.460. The second-order valence-electron chi connectivity index (χ2n) is 4.39. The minimum Gasteiger partial charge on any atom is -0.487 e. The lowest BCUT2D eigenvalue weighted by molar-refractivity contribution is 0.303. The van der Waals surface area contributed by atoms with Crippen molar-refractivity contribution in [2.75, 3.05) is 0 Å². The molecule has 0 N–H and O–H groups in total. The first-order valence-corrected chi connectivity index (χ1v) is 6.84. The molecule has 0 saturated carbocycles. The molecule has 0 fully saturated rings. The van der Waals surface area contributed by atoms with Crippen molar-refractivity contribution in [3.8, 4) is 5.75 Å². The van der Waals surface area contributed by atoms with Crippen LogP contribution in [-0.2, 0) is 6.61 Å². The van der Waals surface area contributed by atoms with Gasteiger partial charge in [-0.25, -0.2) is 4.98 Å². The highest BCUT2D eigenvalue weighted by Gasteiger charge is 2.08. The second kappa shape index (κ2) is 5.05. The molecule has 0 aliphatic rings. The van der Waals surface area contributed by atoms with Gasteiger partial charge in [0.2, 0.25) is 0 Å². The van der Waals surface area contributed by atoms with E-state index in [-0.39, 0.29) is 0 Å². The zero-order chi connectivity index (χ0) is 13.2. The molecule has 0 unspecified atom stereocenters. The van der Waals surface area contributed by atoms with E-state index < -0.39 is 0 Å². The van der Waals surface area contributed by atoms with E-state index in [2.05, 4.69) is 27.8 Å². The molecule has 19 heavy (non-hydrogen) atoms. The highest BCUT2D eigenvalue weighted by Crippen LogP contribution is 2.19. The third kappa shape index (κ3) is 2.49. The molecule has 0 saturated heterocycles. The molecule has 0 radical (unpaired) electrons. The number of halogens is 1. The van der Waals surface area contributed by atoms with Gasteiger partial charge in [-0.05, 0) is 47.1 Å². The van der Waals surface area contributed by atoms with Crippen molar-refractivity contribution in [1.82, 2.24) is 9.38 Å². The molecule has 2 aromatic heterocycles. The summed E-state index contributed by atoms with van der Waals surface area (Å²) in [4.78, 5) is 4.48. The Balaban J connectivity index is 1.84. The van der Waals surface area contributed by atoms with Gasteiger partial charge in [-0.15, -0.1) is 0 Å². The summed E-state index contributed by atoms with van der Waals surface area (Å²) in [6, 6.07) is 14.0. The van der Waals surface area contributed by atoms with Gasteiger partial charge in [0.25, 0.3) is 0 Å². The number of hydrogen-bond donors (Lipinski definition) is 0. The minimum absolute atomic E-state index is 0.460. The van der Waals surface area contributed by atoms with E-state index >= 15 is 0 Å². The monoisotopic (exact) mass is 316 g/mol. The highest BCUT2D eigenvalue weighted by atomic mass is 79.9. The molecule has 0 aliphatic carbocycles. The number of fused-ring (bicyclic) bond motifs is 1. The van der Waals surface area contributed by atoms with Gasteiger partial charge in [-0.2, -0.15) is 0 Å². The van der Waals surface area contributed by atoms with E-state index in [1.165, 1.54) is 5.56 Å². The van der Waals surface area contributed by atoms with Crippen molar-refractivity contribution in [2.45, 2.75) is 13.5 Å². The van der Waals surface area contributed by atoms with Crippen molar-refractivity contribution in [2.24, 2.45) is 0 Å². The van der Waals surface area contributed by atoms with Crippen LogP contribution >= 0.6 is 15.9 Å². The molecular formula is C15H13BrN2O. The van der Waals surface area contributed by atoms with E-state index in [1.807, 2.05) is 53.1 Å². The van der Waals surface area contributed by atoms with E-state index in [0.717, 1.165) is 21.7 Å². The molecule has 0 spiro atoms. The zero-order valence-corrected chi connectivity index (χ0v) is 12.1. The van der Waals surface area contributed by atoms with E-state index in [4.69, 9.17) is 4.74 Å². The first-order chi connectivity index (χ1) is 9.24. The summed E-state index contributed by atoms with van der Waals surface area (Å²) < 4.78 is 8.56. The normalized spacial score (nSPS) is 10.8. The molecule has 96 valence electrons. The average Bonchev–Trinajstić information content (AvgIpc) is 2.76. The molecule has 0 aliphatic heterocycles. The summed E-state index contributed by atoms with van der Waals surface area (Å²) >= 11 is 3.45. The van der Waals surface area contributed by atoms with Crippen LogP contribution in [0.3, 0.4) is 0 Å². The molecule has 1 aromatic carbocycles. The molecule has 2 heterocycles. The predicted octanol–water partition coefficient (Wildman–Crippen LogP) is 3.98. The Labute approximate surface area is 120 Å². The van der Waals surface area contributed by atoms with Crippen LogP contribution in [0.5, 0.6) is 5.75 Å². The summed E-state index contributed by atoms with van der Waals surface area (Å²) in [6.07, 6.45) is 1.97. The Kier molecular flexibility index (Phi) is 3.25. The first-order valence-electron chi connectivity index (χ1n) is 6.05. The fourth-order valence-corrected chi connectivity index (χ4v) is 2.48. The molecule has 3 nitrogen and oxygen atoms in total. The molecule has 0 atom stereocenters. The molecule has 3 aromatic rings. The number of pyridine rings is 1. The van der Waals surface area contributed by atoms with Crippen LogP contribution in [0.25, 0.3) is 5.52 Å². The fourth-order valence-electron chi connectivity index (χ4n) is 1.95. The van der Waals surface area contributed by atoms with Crippen molar-refractivity contribution < 1.29 is 4.74 Å². The Morgan fingerprint density at radius 2 is 1.95 bits per heavy atom. The number of imidazole rings is 1. The number of nitrogens with zero attached hydrogens (tertiary/aromatic N) is 2. The Morgan fingerprint density at radius 1 is 1.16 bits per heavy atom. The van der Waals surface area contributed by atoms with Crippen LogP contribution in [0.1, 0.15) is 11.3 Å². The lowest BCUT2D eigenvalue weighted by Crippen LogP contribution is -1.96. The predicted molar refractivity (Wildman–Crippen MR) is 78.4 cm³/mol. The van der Waals surface area contributed by atoms with Crippen molar-refractivity contribution in [1.29, 1.82) is 0 Å². The number of benzene rings is 1. The quantitative estimate of drug-likeness (QED) is 0.730. The zero-order valence-electron chi connectivity index (χ0n) is 10.5. The van der Waals surface area contributed by atoms with E-state index in [9.17, 15) is 0 Å². The summed E-state index contributed by atoms with van der Waals surface area (Å²) in [5.74, 6) is 0.860. The Morgan fingerprint density at radius 3 is 2.74 bits per heavy atom. The number of aromatic nitrogens is 2. The van der Waals surface area contributed by atoms with Crippen LogP contribution in [0.2, 0.25) is 0 Å². The summed E-state index contributed by atoms with van der Waals surface area (Å²) in [6.45, 7) is 2.52. The van der Waals surface area contributed by atoms with Gasteiger partial charge in [-0.1, -0.05) is 23.8 Å². The van der Waals surface area contributed by atoms with Gasteiger partial charge < -0.3 is 4.74 Å². The molecular weight excluding hydrogens is 304 g/mol. The van der Waals surface area contributed by atoms with Gasteiger partial charge in [0.05, 0.1) is 5.52 Å². The Bertz CT molecular complexity index is 704. The number of ether oxygens (including phenoxy) is 1. The smallest absolute Gasteiger partial charge is 0.182 e. The van der Waals surface area contributed by atoms with Crippen molar-refractivity contribution in [3.05, 3.63) is 64.7 Å². The highest BCUT2D eigenvalue weighted by molar-refractivity contribution is 9.10. The van der Waals surface area contributed by atoms with Gasteiger partial charge in [0.1, 0.15) is 18.1 Å². The SMILES string of the molecule is Cc1ccc(OCc2nc(Br)n3ccccc23)cc1. The lowest BCUT2D eigenvalue weighted by atomic mass is 10.2. The largest absolute Gasteiger partial charge is 0.487 e. The number of hydrogen-bond acceptors (Lipinski definition) is 2. The van der Waals surface area contributed by atoms with Gasteiger partial charge in [0.15, 0.2) is 4.73 Å². The lowest BCUT2D eigenvalue weighted by Gasteiger charge is -2.04. The molecule has 0 bridgehead atoms. The van der Waals surface area contributed by atoms with Crippen LogP contribution in [0.4, 0.5) is 0 Å². The fraction of sp³-hybridized carbons (Fsp3) is 0.133. The third-order valence-corrected chi connectivity index (χ3v) is 3.54.